The molecule has 6 N–H and O–H groups in total. The van der Waals surface area contributed by atoms with E-state index in [-0.39, 0.29) is 53.5 Å². The molecule has 0 saturated heterocycles. The van der Waals surface area contributed by atoms with Gasteiger partial charge in [0, 0.05) is 0 Å². The van der Waals surface area contributed by atoms with Crippen molar-refractivity contribution in [1.82, 2.24) is 0 Å². The van der Waals surface area contributed by atoms with Gasteiger partial charge in [-0.05, 0) is 48.5 Å². The second-order valence-electron chi connectivity index (χ2n) is 6.71. The fourth-order valence-electron chi connectivity index (χ4n) is 2.22. The fraction of sp³-hybridized carbons (Fsp3) is 0.0833. The standard InChI is InChI=1S/C6H4O5.C6H6O4.C6H4O4.C6H6O3/c7-5(8)3-1-2-4(11-3)6(9)10;2*7-3-4-1-2-5(10-4)6(8)9;7-3-5-1-2-6(4-8)9-5/h1-2H,(H,7,8)(H,9,10);1-2,7H,3H2,(H,8,9);1-3H,(H,8,9);1-3,8H,4H2. The molecule has 16 nitrogen and oxygen atoms in total. The van der Waals surface area contributed by atoms with Crippen LogP contribution in [-0.2, 0) is 13.2 Å². The summed E-state index contributed by atoms with van der Waals surface area (Å²) in [7, 11) is 0. The van der Waals surface area contributed by atoms with E-state index in [0.717, 1.165) is 12.1 Å². The molecule has 0 aliphatic rings. The first-order chi connectivity index (χ1) is 18.9. The third-order valence-corrected chi connectivity index (χ3v) is 3.96. The number of hydrogen-bond donors (Lipinski definition) is 6. The highest BCUT2D eigenvalue weighted by atomic mass is 16.4. The molecule has 0 fully saturated rings. The Morgan fingerprint density at radius 1 is 0.500 bits per heavy atom. The van der Waals surface area contributed by atoms with E-state index in [2.05, 4.69) is 13.3 Å². The molecular formula is C24H20O16. The van der Waals surface area contributed by atoms with E-state index in [1.54, 1.807) is 6.07 Å². The summed E-state index contributed by atoms with van der Waals surface area (Å²) in [4.78, 5) is 60.5. The predicted molar refractivity (Wildman–Crippen MR) is 125 cm³/mol. The van der Waals surface area contributed by atoms with Gasteiger partial charge in [0.2, 0.25) is 23.0 Å². The minimum atomic E-state index is -1.28. The zero-order chi connectivity index (χ0) is 30.2. The first-order valence-electron chi connectivity index (χ1n) is 10.4. The van der Waals surface area contributed by atoms with Gasteiger partial charge < -0.3 is 48.3 Å². The Morgan fingerprint density at radius 2 is 0.825 bits per heavy atom. The largest absolute Gasteiger partial charge is 0.475 e. The summed E-state index contributed by atoms with van der Waals surface area (Å²) in [6.07, 6.45) is 1.05. The molecule has 4 heterocycles. The van der Waals surface area contributed by atoms with Crippen LogP contribution in [0.2, 0.25) is 0 Å². The summed E-state index contributed by atoms with van der Waals surface area (Å²) < 4.78 is 18.3. The van der Waals surface area contributed by atoms with Gasteiger partial charge in [-0.3, -0.25) is 9.59 Å². The number of aliphatic hydroxyl groups is 2. The Kier molecular flexibility index (Phi) is 13.1. The molecule has 16 heteroatoms. The monoisotopic (exact) mass is 564 g/mol. The number of carbonyl (C=O) groups is 6. The number of furan rings is 4. The molecule has 0 bridgehead atoms. The molecule has 4 aromatic heterocycles. The lowest BCUT2D eigenvalue weighted by Crippen LogP contribution is -1.94. The van der Waals surface area contributed by atoms with Gasteiger partial charge in [-0.15, -0.1) is 0 Å². The normalized spacial score (nSPS) is 9.45. The van der Waals surface area contributed by atoms with E-state index < -0.39 is 23.9 Å². The number of carboxylic acids is 4. The molecule has 4 rings (SSSR count). The van der Waals surface area contributed by atoms with E-state index in [0.29, 0.717) is 18.3 Å². The third-order valence-electron chi connectivity index (χ3n) is 3.96. The summed E-state index contributed by atoms with van der Waals surface area (Å²) in [5.74, 6) is -5.02. The minimum Gasteiger partial charge on any atom is -0.475 e. The van der Waals surface area contributed by atoms with Crippen molar-refractivity contribution < 1.29 is 77.1 Å². The maximum Gasteiger partial charge on any atom is 0.371 e. The summed E-state index contributed by atoms with van der Waals surface area (Å²) >= 11 is 0. The second-order valence-corrected chi connectivity index (χ2v) is 6.71. The molecule has 0 radical (unpaired) electrons. The highest BCUT2D eigenvalue weighted by Gasteiger charge is 2.13. The Labute approximate surface area is 221 Å². The summed E-state index contributed by atoms with van der Waals surface area (Å²) in [5.41, 5.74) is 0. The van der Waals surface area contributed by atoms with Crippen LogP contribution in [0.1, 0.15) is 74.8 Å². The molecule has 212 valence electrons. The van der Waals surface area contributed by atoms with Crippen LogP contribution in [0, 0.1) is 0 Å². The van der Waals surface area contributed by atoms with Gasteiger partial charge in [-0.25, -0.2) is 19.2 Å². The lowest BCUT2D eigenvalue weighted by molar-refractivity contribution is 0.0623. The van der Waals surface area contributed by atoms with E-state index in [9.17, 15) is 28.8 Å². The predicted octanol–water partition coefficient (Wildman–Crippen LogP) is 2.52. The van der Waals surface area contributed by atoms with Crippen molar-refractivity contribution in [3.63, 3.8) is 0 Å². The van der Waals surface area contributed by atoms with Gasteiger partial charge in [0.05, 0.1) is 0 Å². The molecule has 0 spiro atoms. The molecule has 0 saturated carbocycles. The van der Waals surface area contributed by atoms with Gasteiger partial charge in [0.15, 0.2) is 24.1 Å². The maximum absolute atomic E-state index is 10.2. The molecular weight excluding hydrogens is 544 g/mol. The van der Waals surface area contributed by atoms with Gasteiger partial charge >= 0.3 is 23.9 Å². The second kappa shape index (κ2) is 16.2. The van der Waals surface area contributed by atoms with Crippen LogP contribution in [0.3, 0.4) is 0 Å². The lowest BCUT2D eigenvalue weighted by atomic mass is 10.4. The maximum atomic E-state index is 10.2. The molecule has 0 amide bonds. The van der Waals surface area contributed by atoms with Crippen molar-refractivity contribution in [2.24, 2.45) is 0 Å². The van der Waals surface area contributed by atoms with Crippen LogP contribution in [0.5, 0.6) is 0 Å². The van der Waals surface area contributed by atoms with Gasteiger partial charge in [-0.1, -0.05) is 0 Å². The van der Waals surface area contributed by atoms with E-state index in [1.807, 2.05) is 0 Å². The van der Waals surface area contributed by atoms with Crippen molar-refractivity contribution in [1.29, 1.82) is 0 Å². The zero-order valence-corrected chi connectivity index (χ0v) is 20.0. The molecule has 4 aromatic rings. The van der Waals surface area contributed by atoms with E-state index in [1.165, 1.54) is 30.3 Å². The van der Waals surface area contributed by atoms with Crippen LogP contribution in [-0.4, -0.2) is 67.1 Å². The first kappa shape index (κ1) is 32.3. The Balaban J connectivity index is 0.000000267. The highest BCUT2D eigenvalue weighted by molar-refractivity contribution is 5.89. The van der Waals surface area contributed by atoms with Crippen LogP contribution in [0.15, 0.2) is 66.2 Å². The summed E-state index contributed by atoms with van der Waals surface area (Å²) in [5, 5.41) is 50.1. The smallest absolute Gasteiger partial charge is 0.371 e. The summed E-state index contributed by atoms with van der Waals surface area (Å²) in [6.45, 7) is -0.429. The quantitative estimate of drug-likeness (QED) is 0.168. The Morgan fingerprint density at radius 3 is 1.10 bits per heavy atom. The Bertz CT molecular complexity index is 1400. The van der Waals surface area contributed by atoms with Crippen molar-refractivity contribution in [3.8, 4) is 0 Å². The number of aldehydes is 2. The van der Waals surface area contributed by atoms with Gasteiger partial charge in [0.25, 0.3) is 0 Å². The van der Waals surface area contributed by atoms with Crippen LogP contribution in [0.25, 0.3) is 0 Å². The van der Waals surface area contributed by atoms with Crippen LogP contribution >= 0.6 is 0 Å². The molecule has 0 unspecified atom stereocenters. The number of carbonyl (C=O) groups excluding carboxylic acids is 2. The number of aliphatic hydroxyl groups excluding tert-OH is 2. The Hall–Kier alpha value is -5.74. The van der Waals surface area contributed by atoms with Crippen LogP contribution < -0.4 is 0 Å². The molecule has 0 atom stereocenters. The summed E-state index contributed by atoms with van der Waals surface area (Å²) in [6, 6.07) is 10.5. The SMILES string of the molecule is O=C(O)c1ccc(C(=O)O)o1.O=C(O)c1ccc(CO)o1.O=Cc1ccc(C(=O)O)o1.O=Cc1ccc(CO)o1. The van der Waals surface area contributed by atoms with E-state index >= 15 is 0 Å². The topological polar surface area (TPSA) is 276 Å². The lowest BCUT2D eigenvalue weighted by Gasteiger charge is -1.85. The number of aromatic carboxylic acids is 4. The van der Waals surface area contributed by atoms with Gasteiger partial charge in [-0.2, -0.15) is 0 Å². The molecule has 0 aliphatic heterocycles. The highest BCUT2D eigenvalue weighted by Crippen LogP contribution is 2.08. The van der Waals surface area contributed by atoms with Crippen molar-refractivity contribution in [2.75, 3.05) is 0 Å². The average Bonchev–Trinajstić information content (AvgIpc) is 3.75. The first-order valence-corrected chi connectivity index (χ1v) is 10.4. The molecule has 0 aromatic carbocycles. The third kappa shape index (κ3) is 10.7. The fourth-order valence-corrected chi connectivity index (χ4v) is 2.22. The van der Waals surface area contributed by atoms with Crippen molar-refractivity contribution in [3.05, 3.63) is 94.6 Å². The van der Waals surface area contributed by atoms with Crippen LogP contribution in [0.4, 0.5) is 0 Å². The minimum absolute atomic E-state index is 0.0254. The van der Waals surface area contributed by atoms with Crippen molar-refractivity contribution in [2.45, 2.75) is 13.2 Å². The number of rotatable bonds is 8. The van der Waals surface area contributed by atoms with Gasteiger partial charge in [0.1, 0.15) is 24.7 Å². The average molecular weight is 564 g/mol. The number of hydrogen-bond acceptors (Lipinski definition) is 12. The zero-order valence-electron chi connectivity index (χ0n) is 20.0. The van der Waals surface area contributed by atoms with Crippen molar-refractivity contribution >= 4 is 36.4 Å². The molecule has 40 heavy (non-hydrogen) atoms. The van der Waals surface area contributed by atoms with E-state index in [4.69, 9.17) is 35.1 Å². The number of carboxylic acid groups (broad SMARTS) is 4. The molecule has 0 aliphatic carbocycles.